The minimum atomic E-state index is -1.19. The van der Waals surface area contributed by atoms with Crippen molar-refractivity contribution in [1.29, 1.82) is 0 Å². The molecule has 0 atom stereocenters. The number of hydrogen-bond donors (Lipinski definition) is 3. The van der Waals surface area contributed by atoms with Gasteiger partial charge in [-0.05, 0) is 12.1 Å². The van der Waals surface area contributed by atoms with E-state index in [-0.39, 0.29) is 12.1 Å². The van der Waals surface area contributed by atoms with Crippen LogP contribution >= 0.6 is 0 Å². The van der Waals surface area contributed by atoms with Crippen LogP contribution in [0.5, 0.6) is 11.5 Å². The number of nitrogens with zero attached hydrogens (tertiary/aromatic N) is 1. The summed E-state index contributed by atoms with van der Waals surface area (Å²) in [6.45, 7) is 2.87. The van der Waals surface area contributed by atoms with Gasteiger partial charge in [0.1, 0.15) is 23.6 Å². The second-order valence-electron chi connectivity index (χ2n) is 3.54. The van der Waals surface area contributed by atoms with Crippen molar-refractivity contribution in [3.8, 4) is 11.5 Å². The molecule has 1 aromatic carbocycles. The number of aliphatic carboxylic acids is 1. The van der Waals surface area contributed by atoms with E-state index in [1.54, 1.807) is 0 Å². The molecule has 0 spiro atoms. The Bertz CT molecular complexity index is 463. The van der Waals surface area contributed by atoms with Gasteiger partial charge in [0.2, 0.25) is 0 Å². The molecule has 0 aromatic heterocycles. The minimum absolute atomic E-state index is 0.00108. The molecule has 0 bridgehead atoms. The Morgan fingerprint density at radius 2 is 1.83 bits per heavy atom. The summed E-state index contributed by atoms with van der Waals surface area (Å²) in [4.78, 5) is 23.6. The Balaban J connectivity index is 3.09. The number of rotatable bonds is 5. The van der Waals surface area contributed by atoms with E-state index >= 15 is 0 Å². The molecule has 6 nitrogen and oxygen atoms in total. The Kier molecular flexibility index (Phi) is 4.31. The first kappa shape index (κ1) is 13.6. The smallest absolute Gasteiger partial charge is 0.323 e. The predicted octanol–water partition coefficient (Wildman–Crippen LogP) is 0.811. The molecular weight excluding hydrogens is 238 g/mol. The van der Waals surface area contributed by atoms with Gasteiger partial charge in [0.05, 0.1) is 0 Å². The fourth-order valence-electron chi connectivity index (χ4n) is 1.44. The SMILES string of the molecule is C=CCN(CC(=O)O)C(=O)c1c(O)cccc1O. The highest BCUT2D eigenvalue weighted by molar-refractivity contribution is 6.00. The van der Waals surface area contributed by atoms with Crippen molar-refractivity contribution in [2.75, 3.05) is 13.1 Å². The topological polar surface area (TPSA) is 98.1 Å². The van der Waals surface area contributed by atoms with Gasteiger partial charge in [0.15, 0.2) is 0 Å². The van der Waals surface area contributed by atoms with E-state index in [4.69, 9.17) is 5.11 Å². The van der Waals surface area contributed by atoms with Crippen LogP contribution in [0, 0.1) is 0 Å². The van der Waals surface area contributed by atoms with Crippen molar-refractivity contribution < 1.29 is 24.9 Å². The molecule has 1 aromatic rings. The zero-order valence-electron chi connectivity index (χ0n) is 9.54. The molecular formula is C12H13NO5. The van der Waals surface area contributed by atoms with E-state index in [0.717, 1.165) is 4.90 Å². The number of carbonyl (C=O) groups is 2. The Morgan fingerprint density at radius 3 is 2.28 bits per heavy atom. The molecule has 0 aliphatic carbocycles. The number of carboxylic acids is 1. The molecule has 0 aliphatic heterocycles. The zero-order valence-corrected chi connectivity index (χ0v) is 9.54. The molecule has 18 heavy (non-hydrogen) atoms. The lowest BCUT2D eigenvalue weighted by molar-refractivity contribution is -0.137. The summed E-state index contributed by atoms with van der Waals surface area (Å²) < 4.78 is 0. The van der Waals surface area contributed by atoms with Crippen LogP contribution in [0.3, 0.4) is 0 Å². The van der Waals surface area contributed by atoms with Crippen molar-refractivity contribution >= 4 is 11.9 Å². The maximum absolute atomic E-state index is 12.0. The fourth-order valence-corrected chi connectivity index (χ4v) is 1.44. The molecule has 0 saturated heterocycles. The molecule has 96 valence electrons. The molecule has 0 saturated carbocycles. The lowest BCUT2D eigenvalue weighted by atomic mass is 10.1. The van der Waals surface area contributed by atoms with Crippen LogP contribution < -0.4 is 0 Å². The third-order valence-corrected chi connectivity index (χ3v) is 2.20. The molecule has 0 fully saturated rings. The average molecular weight is 251 g/mol. The van der Waals surface area contributed by atoms with Crippen molar-refractivity contribution in [1.82, 2.24) is 4.90 Å². The summed E-state index contributed by atoms with van der Waals surface area (Å²) in [5.74, 6) is -2.77. The normalized spacial score (nSPS) is 9.78. The molecule has 6 heteroatoms. The fraction of sp³-hybridized carbons (Fsp3) is 0.167. The average Bonchev–Trinajstić information content (AvgIpc) is 2.27. The van der Waals surface area contributed by atoms with Crippen LogP contribution in [-0.2, 0) is 4.79 Å². The maximum Gasteiger partial charge on any atom is 0.323 e. The zero-order chi connectivity index (χ0) is 13.7. The van der Waals surface area contributed by atoms with Crippen LogP contribution in [0.1, 0.15) is 10.4 Å². The van der Waals surface area contributed by atoms with Crippen LogP contribution in [0.15, 0.2) is 30.9 Å². The summed E-state index contributed by atoms with van der Waals surface area (Å²) in [5, 5.41) is 27.8. The number of amides is 1. The third kappa shape index (κ3) is 3.00. The highest BCUT2D eigenvalue weighted by atomic mass is 16.4. The standard InChI is InChI=1S/C12H13NO5/c1-2-6-13(7-10(16)17)12(18)11-8(14)4-3-5-9(11)15/h2-5,14-15H,1,6-7H2,(H,16,17). The van der Waals surface area contributed by atoms with Crippen molar-refractivity contribution in [2.24, 2.45) is 0 Å². The predicted molar refractivity (Wildman–Crippen MR) is 63.5 cm³/mol. The van der Waals surface area contributed by atoms with E-state index in [1.807, 2.05) is 0 Å². The summed E-state index contributed by atoms with van der Waals surface area (Å²) in [7, 11) is 0. The van der Waals surface area contributed by atoms with E-state index in [2.05, 4.69) is 6.58 Å². The number of benzene rings is 1. The van der Waals surface area contributed by atoms with Gasteiger partial charge in [0.25, 0.3) is 5.91 Å². The van der Waals surface area contributed by atoms with Crippen molar-refractivity contribution in [3.63, 3.8) is 0 Å². The lowest BCUT2D eigenvalue weighted by Gasteiger charge is -2.19. The van der Waals surface area contributed by atoms with Gasteiger partial charge in [0, 0.05) is 6.54 Å². The van der Waals surface area contributed by atoms with Gasteiger partial charge in [-0.2, -0.15) is 0 Å². The van der Waals surface area contributed by atoms with E-state index in [9.17, 15) is 19.8 Å². The Hall–Kier alpha value is -2.50. The van der Waals surface area contributed by atoms with Crippen LogP contribution in [0.25, 0.3) is 0 Å². The molecule has 0 radical (unpaired) electrons. The maximum atomic E-state index is 12.0. The Labute approximate surface area is 103 Å². The van der Waals surface area contributed by atoms with Crippen LogP contribution in [0.2, 0.25) is 0 Å². The number of phenols is 2. The number of carboxylic acid groups (broad SMARTS) is 1. The van der Waals surface area contributed by atoms with Gasteiger partial charge in [-0.25, -0.2) is 0 Å². The van der Waals surface area contributed by atoms with Gasteiger partial charge >= 0.3 is 5.97 Å². The molecule has 0 heterocycles. The minimum Gasteiger partial charge on any atom is -0.507 e. The van der Waals surface area contributed by atoms with Crippen LogP contribution in [-0.4, -0.2) is 45.2 Å². The molecule has 1 amide bonds. The summed E-state index contributed by atoms with van der Waals surface area (Å²) in [6, 6.07) is 3.84. The first-order valence-electron chi connectivity index (χ1n) is 5.10. The molecule has 0 aliphatic rings. The molecule has 1 rings (SSSR count). The quantitative estimate of drug-likeness (QED) is 0.673. The van der Waals surface area contributed by atoms with Gasteiger partial charge < -0.3 is 20.2 Å². The van der Waals surface area contributed by atoms with Crippen molar-refractivity contribution in [2.45, 2.75) is 0 Å². The second kappa shape index (κ2) is 5.72. The number of aromatic hydroxyl groups is 2. The highest BCUT2D eigenvalue weighted by Gasteiger charge is 2.23. The summed E-state index contributed by atoms with van der Waals surface area (Å²) in [6.07, 6.45) is 1.36. The number of hydrogen-bond acceptors (Lipinski definition) is 4. The summed E-state index contributed by atoms with van der Waals surface area (Å²) in [5.41, 5.74) is -0.319. The molecule has 0 unspecified atom stereocenters. The van der Waals surface area contributed by atoms with Crippen molar-refractivity contribution in [3.05, 3.63) is 36.4 Å². The van der Waals surface area contributed by atoms with Gasteiger partial charge in [-0.1, -0.05) is 12.1 Å². The number of carbonyl (C=O) groups excluding carboxylic acids is 1. The first-order chi connectivity index (χ1) is 8.47. The van der Waals surface area contributed by atoms with E-state index in [1.165, 1.54) is 24.3 Å². The van der Waals surface area contributed by atoms with E-state index < -0.39 is 29.9 Å². The third-order valence-electron chi connectivity index (χ3n) is 2.20. The summed E-state index contributed by atoms with van der Waals surface area (Å²) >= 11 is 0. The van der Waals surface area contributed by atoms with E-state index in [0.29, 0.717) is 0 Å². The van der Waals surface area contributed by atoms with Gasteiger partial charge in [-0.3, -0.25) is 9.59 Å². The largest absolute Gasteiger partial charge is 0.507 e. The lowest BCUT2D eigenvalue weighted by Crippen LogP contribution is -2.35. The van der Waals surface area contributed by atoms with Gasteiger partial charge in [-0.15, -0.1) is 6.58 Å². The monoisotopic (exact) mass is 251 g/mol. The van der Waals surface area contributed by atoms with Crippen LogP contribution in [0.4, 0.5) is 0 Å². The first-order valence-corrected chi connectivity index (χ1v) is 5.10. The Morgan fingerprint density at radius 1 is 1.28 bits per heavy atom. The molecule has 3 N–H and O–H groups in total. The highest BCUT2D eigenvalue weighted by Crippen LogP contribution is 2.27. The second-order valence-corrected chi connectivity index (χ2v) is 3.54. The number of phenolic OH excluding ortho intramolecular Hbond substituents is 2.